The van der Waals surface area contributed by atoms with E-state index in [4.69, 9.17) is 4.74 Å². The molecule has 1 amide bonds. The Kier molecular flexibility index (Phi) is 5.43. The highest BCUT2D eigenvalue weighted by Crippen LogP contribution is 2.26. The number of nitrogens with zero attached hydrogens (tertiary/aromatic N) is 1. The maximum atomic E-state index is 13.1. The van der Waals surface area contributed by atoms with Gasteiger partial charge in [0.1, 0.15) is 5.82 Å². The van der Waals surface area contributed by atoms with E-state index in [9.17, 15) is 14.0 Å². The summed E-state index contributed by atoms with van der Waals surface area (Å²) in [5.74, 6) is -1.00. The third kappa shape index (κ3) is 4.44. The fourth-order valence-corrected chi connectivity index (χ4v) is 3.02. The van der Waals surface area contributed by atoms with Crippen LogP contribution in [0, 0.1) is 5.82 Å². The number of rotatable bonds is 5. The number of hydrogen-bond acceptors (Lipinski definition) is 3. The number of para-hydroxylation sites is 1. The lowest BCUT2D eigenvalue weighted by Crippen LogP contribution is -2.38. The van der Waals surface area contributed by atoms with E-state index in [1.165, 1.54) is 12.1 Å². The van der Waals surface area contributed by atoms with E-state index in [1.807, 2.05) is 24.3 Å². The third-order valence-electron chi connectivity index (χ3n) is 4.27. The van der Waals surface area contributed by atoms with Gasteiger partial charge in [-0.25, -0.2) is 4.39 Å². The van der Waals surface area contributed by atoms with Gasteiger partial charge in [-0.1, -0.05) is 30.3 Å². The number of ether oxygens (including phenoxy) is 1. The summed E-state index contributed by atoms with van der Waals surface area (Å²) in [7, 11) is 0. The second-order valence-corrected chi connectivity index (χ2v) is 6.07. The molecule has 4 nitrogen and oxygen atoms in total. The molecule has 1 aliphatic rings. The van der Waals surface area contributed by atoms with Crippen molar-refractivity contribution in [3.8, 4) is 0 Å². The molecule has 0 saturated heterocycles. The molecular formula is C20H20FNO3. The largest absolute Gasteiger partial charge is 0.456 e. The summed E-state index contributed by atoms with van der Waals surface area (Å²) in [5.41, 5.74) is 2.77. The number of carbonyl (C=O) groups excluding carboxylic acids is 2. The van der Waals surface area contributed by atoms with Gasteiger partial charge in [0.05, 0.1) is 0 Å². The molecule has 0 aliphatic carbocycles. The molecular weight excluding hydrogens is 321 g/mol. The van der Waals surface area contributed by atoms with Crippen LogP contribution in [-0.2, 0) is 27.2 Å². The van der Waals surface area contributed by atoms with Crippen LogP contribution >= 0.6 is 0 Å². The SMILES string of the molecule is O=C(CCc1cccc(F)c1)OCC(=O)N1CCCc2ccccc21. The molecule has 0 radical (unpaired) electrons. The van der Waals surface area contributed by atoms with E-state index >= 15 is 0 Å². The summed E-state index contributed by atoms with van der Waals surface area (Å²) in [4.78, 5) is 25.9. The lowest BCUT2D eigenvalue weighted by molar-refractivity contribution is -0.147. The summed E-state index contributed by atoms with van der Waals surface area (Å²) in [6.07, 6.45) is 2.36. The van der Waals surface area contributed by atoms with Gasteiger partial charge < -0.3 is 9.64 Å². The zero-order valence-corrected chi connectivity index (χ0v) is 13.9. The molecule has 0 aromatic heterocycles. The molecule has 0 N–H and O–H groups in total. The summed E-state index contributed by atoms with van der Waals surface area (Å²) in [5, 5.41) is 0. The van der Waals surface area contributed by atoms with Crippen LogP contribution in [0.4, 0.5) is 10.1 Å². The molecule has 2 aromatic rings. The molecule has 0 unspecified atom stereocenters. The fraction of sp³-hybridized carbons (Fsp3) is 0.300. The zero-order valence-electron chi connectivity index (χ0n) is 13.9. The molecule has 25 heavy (non-hydrogen) atoms. The van der Waals surface area contributed by atoms with Gasteiger partial charge in [0.25, 0.3) is 5.91 Å². The highest BCUT2D eigenvalue weighted by atomic mass is 19.1. The fourth-order valence-electron chi connectivity index (χ4n) is 3.02. The summed E-state index contributed by atoms with van der Waals surface area (Å²) < 4.78 is 18.2. The van der Waals surface area contributed by atoms with Crippen molar-refractivity contribution in [2.24, 2.45) is 0 Å². The summed E-state index contributed by atoms with van der Waals surface area (Å²) in [6, 6.07) is 13.9. The van der Waals surface area contributed by atoms with E-state index in [2.05, 4.69) is 0 Å². The second kappa shape index (κ2) is 7.92. The summed E-state index contributed by atoms with van der Waals surface area (Å²) >= 11 is 0. The molecule has 1 aliphatic heterocycles. The first-order chi connectivity index (χ1) is 12.1. The molecule has 5 heteroatoms. The van der Waals surface area contributed by atoms with Gasteiger partial charge in [0.15, 0.2) is 6.61 Å². The molecule has 0 atom stereocenters. The maximum Gasteiger partial charge on any atom is 0.306 e. The first kappa shape index (κ1) is 17.1. The van der Waals surface area contributed by atoms with Crippen LogP contribution in [0.15, 0.2) is 48.5 Å². The van der Waals surface area contributed by atoms with Crippen molar-refractivity contribution in [3.05, 3.63) is 65.5 Å². The van der Waals surface area contributed by atoms with E-state index < -0.39 is 5.97 Å². The molecule has 0 fully saturated rings. The van der Waals surface area contributed by atoms with E-state index in [1.54, 1.807) is 17.0 Å². The minimum atomic E-state index is -0.456. The number of carbonyl (C=O) groups is 2. The predicted molar refractivity (Wildman–Crippen MR) is 92.8 cm³/mol. The lowest BCUT2D eigenvalue weighted by atomic mass is 10.0. The molecule has 0 spiro atoms. The monoisotopic (exact) mass is 341 g/mol. The van der Waals surface area contributed by atoms with Crippen LogP contribution in [0.5, 0.6) is 0 Å². The van der Waals surface area contributed by atoms with Crippen LogP contribution in [0.1, 0.15) is 24.0 Å². The van der Waals surface area contributed by atoms with Crippen molar-refractivity contribution < 1.29 is 18.7 Å². The Bertz CT molecular complexity index is 775. The van der Waals surface area contributed by atoms with Crippen molar-refractivity contribution in [2.45, 2.75) is 25.7 Å². The number of aryl methyl sites for hydroxylation is 2. The van der Waals surface area contributed by atoms with Crippen molar-refractivity contribution in [1.29, 1.82) is 0 Å². The Morgan fingerprint density at radius 2 is 1.96 bits per heavy atom. The number of hydrogen-bond donors (Lipinski definition) is 0. The average molecular weight is 341 g/mol. The maximum absolute atomic E-state index is 13.1. The number of amides is 1. The number of anilines is 1. The molecule has 2 aromatic carbocycles. The van der Waals surface area contributed by atoms with Gasteiger partial charge in [-0.15, -0.1) is 0 Å². The Balaban J connectivity index is 1.50. The molecule has 1 heterocycles. The zero-order chi connectivity index (χ0) is 17.6. The van der Waals surface area contributed by atoms with Crippen LogP contribution in [-0.4, -0.2) is 25.0 Å². The highest BCUT2D eigenvalue weighted by Gasteiger charge is 2.22. The minimum Gasteiger partial charge on any atom is -0.456 e. The van der Waals surface area contributed by atoms with Gasteiger partial charge in [-0.2, -0.15) is 0 Å². The predicted octanol–water partition coefficient (Wildman–Crippen LogP) is 3.28. The number of fused-ring (bicyclic) bond motifs is 1. The molecule has 130 valence electrons. The molecule has 3 rings (SSSR count). The first-order valence-electron chi connectivity index (χ1n) is 8.42. The smallest absolute Gasteiger partial charge is 0.306 e. The van der Waals surface area contributed by atoms with Crippen LogP contribution in [0.3, 0.4) is 0 Å². The van der Waals surface area contributed by atoms with Crippen molar-refractivity contribution in [2.75, 3.05) is 18.1 Å². The van der Waals surface area contributed by atoms with Crippen LogP contribution in [0.25, 0.3) is 0 Å². The first-order valence-corrected chi connectivity index (χ1v) is 8.42. The lowest BCUT2D eigenvalue weighted by Gasteiger charge is -2.29. The Labute approximate surface area is 146 Å². The van der Waals surface area contributed by atoms with E-state index in [0.717, 1.165) is 29.7 Å². The van der Waals surface area contributed by atoms with Crippen molar-refractivity contribution >= 4 is 17.6 Å². The normalized spacial score (nSPS) is 13.2. The van der Waals surface area contributed by atoms with Gasteiger partial charge >= 0.3 is 5.97 Å². The van der Waals surface area contributed by atoms with Gasteiger partial charge in [0, 0.05) is 18.7 Å². The van der Waals surface area contributed by atoms with Gasteiger partial charge in [-0.05, 0) is 48.6 Å². The highest BCUT2D eigenvalue weighted by molar-refractivity contribution is 5.96. The number of benzene rings is 2. The standard InChI is InChI=1S/C20H20FNO3/c21-17-8-3-5-15(13-17)10-11-20(24)25-14-19(23)22-12-4-7-16-6-1-2-9-18(16)22/h1-3,5-6,8-9,13H,4,7,10-12,14H2. The Morgan fingerprint density at radius 3 is 2.80 bits per heavy atom. The number of halogens is 1. The van der Waals surface area contributed by atoms with Crippen LogP contribution < -0.4 is 4.90 Å². The Morgan fingerprint density at radius 1 is 1.12 bits per heavy atom. The number of esters is 1. The van der Waals surface area contributed by atoms with E-state index in [-0.39, 0.29) is 24.8 Å². The van der Waals surface area contributed by atoms with Crippen molar-refractivity contribution in [1.82, 2.24) is 0 Å². The topological polar surface area (TPSA) is 46.6 Å². The average Bonchev–Trinajstić information content (AvgIpc) is 2.64. The van der Waals surface area contributed by atoms with Crippen LogP contribution in [0.2, 0.25) is 0 Å². The summed E-state index contributed by atoms with van der Waals surface area (Å²) in [6.45, 7) is 0.368. The second-order valence-electron chi connectivity index (χ2n) is 6.07. The molecule has 0 bridgehead atoms. The quantitative estimate of drug-likeness (QED) is 0.784. The Hall–Kier alpha value is -2.69. The van der Waals surface area contributed by atoms with E-state index in [0.29, 0.717) is 13.0 Å². The van der Waals surface area contributed by atoms with Crippen molar-refractivity contribution in [3.63, 3.8) is 0 Å². The minimum absolute atomic E-state index is 0.118. The third-order valence-corrected chi connectivity index (χ3v) is 4.27. The molecule has 0 saturated carbocycles. The van der Waals surface area contributed by atoms with Gasteiger partial charge in [0.2, 0.25) is 0 Å². The van der Waals surface area contributed by atoms with Gasteiger partial charge in [-0.3, -0.25) is 9.59 Å².